The normalized spacial score (nSPS) is 18.5. The molecule has 0 saturated carbocycles. The van der Waals surface area contributed by atoms with Crippen LogP contribution < -0.4 is 5.73 Å². The number of nitrogens with two attached hydrogens (primary N) is 1. The van der Waals surface area contributed by atoms with E-state index in [-0.39, 0.29) is 26.9 Å². The molecule has 0 aliphatic carbocycles. The molecule has 0 radical (unpaired) electrons. The zero-order valence-electron chi connectivity index (χ0n) is 16.3. The molecule has 1 aromatic rings. The number of thioether (sulfide) groups is 1. The van der Waals surface area contributed by atoms with Gasteiger partial charge in [-0.2, -0.15) is 5.26 Å². The molecule has 2 heterocycles. The number of esters is 1. The summed E-state index contributed by atoms with van der Waals surface area (Å²) in [4.78, 5) is 40.3. The van der Waals surface area contributed by atoms with Gasteiger partial charge in [-0.15, -0.1) is 0 Å². The molecule has 2 aliphatic rings. The molecule has 1 aromatic carbocycles. The van der Waals surface area contributed by atoms with Gasteiger partial charge in [0.05, 0.1) is 35.3 Å². The van der Waals surface area contributed by atoms with Crippen molar-refractivity contribution in [2.24, 2.45) is 5.73 Å². The fraction of sp³-hybridized carbons (Fsp3) is 0.200. The molecule has 0 spiro atoms. The summed E-state index contributed by atoms with van der Waals surface area (Å²) < 4.78 is 18.2. The van der Waals surface area contributed by atoms with E-state index in [4.69, 9.17) is 10.5 Å². The van der Waals surface area contributed by atoms with Crippen LogP contribution in [0.5, 0.6) is 0 Å². The topological polar surface area (TPSA) is 117 Å². The molecule has 2 N–H and O–H groups in total. The van der Waals surface area contributed by atoms with Crippen LogP contribution in [0.2, 0.25) is 0 Å². The molecule has 0 aromatic heterocycles. The summed E-state index contributed by atoms with van der Waals surface area (Å²) in [6, 6.07) is 7.27. The van der Waals surface area contributed by atoms with Crippen molar-refractivity contribution in [3.05, 3.63) is 68.6 Å². The van der Waals surface area contributed by atoms with E-state index in [1.54, 1.807) is 0 Å². The number of carbonyl (C=O) groups is 3. The summed E-state index contributed by atoms with van der Waals surface area (Å²) in [6.45, 7) is 0. The van der Waals surface area contributed by atoms with Crippen molar-refractivity contribution < 1.29 is 23.5 Å². The number of rotatable bonds is 3. The Balaban J connectivity index is 2.33. The van der Waals surface area contributed by atoms with Crippen molar-refractivity contribution in [2.75, 3.05) is 21.2 Å². The third-order valence-corrected chi connectivity index (χ3v) is 5.66. The maximum atomic E-state index is 13.5. The zero-order chi connectivity index (χ0) is 22.2. The number of halogens is 1. The Hall–Kier alpha value is -3.58. The molecule has 0 unspecified atom stereocenters. The average molecular weight is 428 g/mol. The highest BCUT2D eigenvalue weighted by Gasteiger charge is 2.44. The van der Waals surface area contributed by atoms with Gasteiger partial charge in [-0.05, 0) is 17.7 Å². The Morgan fingerprint density at radius 3 is 2.47 bits per heavy atom. The molecular weight excluding hydrogens is 411 g/mol. The average Bonchev–Trinajstić information content (AvgIpc) is 2.72. The number of hydrogen-bond donors (Lipinski definition) is 1. The predicted octanol–water partition coefficient (Wildman–Crippen LogP) is 1.55. The quantitative estimate of drug-likeness (QED) is 0.726. The lowest BCUT2D eigenvalue weighted by molar-refractivity contribution is -0.135. The Morgan fingerprint density at radius 1 is 1.30 bits per heavy atom. The van der Waals surface area contributed by atoms with Crippen molar-refractivity contribution in [1.29, 1.82) is 5.26 Å². The Labute approximate surface area is 176 Å². The number of nitriles is 1. The standard InChI is InChI=1S/C20H17FN4O4S/c1-24(2)18(27)16-15(10-4-6-11(21)7-5-10)12(9-22)17(23)25-14(26)8-13(20(28)29-3)30-19(16)25/h4-8,15H,23H2,1-3H3/t15-/m0/s1. The molecular formula is C20H17FN4O4S. The van der Waals surface area contributed by atoms with Crippen LogP contribution in [0, 0.1) is 17.1 Å². The third-order valence-electron chi connectivity index (χ3n) is 4.56. The van der Waals surface area contributed by atoms with Crippen molar-refractivity contribution in [3.8, 4) is 6.07 Å². The van der Waals surface area contributed by atoms with Gasteiger partial charge in [0.25, 0.3) is 11.8 Å². The minimum atomic E-state index is -0.950. The fourth-order valence-corrected chi connectivity index (χ4v) is 4.29. The summed E-state index contributed by atoms with van der Waals surface area (Å²) >= 11 is 0.850. The van der Waals surface area contributed by atoms with Gasteiger partial charge in [-0.1, -0.05) is 23.9 Å². The van der Waals surface area contributed by atoms with Crippen molar-refractivity contribution in [2.45, 2.75) is 5.92 Å². The summed E-state index contributed by atoms with van der Waals surface area (Å²) in [5, 5.41) is 9.90. The molecule has 30 heavy (non-hydrogen) atoms. The minimum Gasteiger partial charge on any atom is -0.465 e. The zero-order valence-corrected chi connectivity index (χ0v) is 17.1. The van der Waals surface area contributed by atoms with Crippen LogP contribution in [0.1, 0.15) is 11.5 Å². The number of nitrogens with zero attached hydrogens (tertiary/aromatic N) is 3. The van der Waals surface area contributed by atoms with Gasteiger partial charge in [-0.25, -0.2) is 9.18 Å². The second kappa shape index (κ2) is 8.04. The lowest BCUT2D eigenvalue weighted by Crippen LogP contribution is -2.42. The number of ether oxygens (including phenoxy) is 1. The Bertz CT molecular complexity index is 1080. The molecule has 2 aliphatic heterocycles. The molecule has 3 rings (SSSR count). The number of allylic oxidation sites excluding steroid dienone is 1. The van der Waals surface area contributed by atoms with E-state index in [0.717, 1.165) is 22.7 Å². The first-order valence-electron chi connectivity index (χ1n) is 8.64. The van der Waals surface area contributed by atoms with Crippen LogP contribution >= 0.6 is 11.8 Å². The second-order valence-electron chi connectivity index (χ2n) is 6.59. The maximum Gasteiger partial charge on any atom is 0.344 e. The van der Waals surface area contributed by atoms with Gasteiger partial charge in [0.2, 0.25) is 0 Å². The van der Waals surface area contributed by atoms with Gasteiger partial charge in [0, 0.05) is 20.2 Å². The highest BCUT2D eigenvalue weighted by atomic mass is 32.2. The van der Waals surface area contributed by atoms with Crippen molar-refractivity contribution >= 4 is 29.5 Å². The predicted molar refractivity (Wildman–Crippen MR) is 106 cm³/mol. The lowest BCUT2D eigenvalue weighted by Gasteiger charge is -2.37. The molecule has 154 valence electrons. The van der Waals surface area contributed by atoms with Crippen LogP contribution in [0.4, 0.5) is 4.39 Å². The maximum absolute atomic E-state index is 13.5. The van der Waals surface area contributed by atoms with Gasteiger partial charge >= 0.3 is 5.97 Å². The first kappa shape index (κ1) is 21.1. The fourth-order valence-electron chi connectivity index (χ4n) is 3.16. The number of hydrogen-bond acceptors (Lipinski definition) is 7. The van der Waals surface area contributed by atoms with Crippen LogP contribution in [-0.4, -0.2) is 48.8 Å². The number of likely N-dealkylation sites (N-methyl/N-ethyl adjacent to an activating group) is 1. The first-order chi connectivity index (χ1) is 14.2. The number of fused-ring (bicyclic) bond motifs is 1. The Morgan fingerprint density at radius 2 is 1.93 bits per heavy atom. The number of amides is 2. The smallest absolute Gasteiger partial charge is 0.344 e. The highest BCUT2D eigenvalue weighted by molar-refractivity contribution is 8.07. The molecule has 0 fully saturated rings. The van der Waals surface area contributed by atoms with Gasteiger partial charge in [0.1, 0.15) is 16.5 Å². The highest BCUT2D eigenvalue weighted by Crippen LogP contribution is 2.48. The number of benzene rings is 1. The van der Waals surface area contributed by atoms with E-state index in [9.17, 15) is 24.0 Å². The van der Waals surface area contributed by atoms with E-state index >= 15 is 0 Å². The summed E-state index contributed by atoms with van der Waals surface area (Å²) in [7, 11) is 4.20. The number of carbonyl (C=O) groups excluding carboxylic acids is 3. The van der Waals surface area contributed by atoms with E-state index in [1.165, 1.54) is 50.4 Å². The van der Waals surface area contributed by atoms with Gasteiger partial charge in [-0.3, -0.25) is 14.5 Å². The monoisotopic (exact) mass is 428 g/mol. The second-order valence-corrected chi connectivity index (χ2v) is 7.62. The first-order valence-corrected chi connectivity index (χ1v) is 9.45. The summed E-state index contributed by atoms with van der Waals surface area (Å²) in [6.07, 6.45) is 1.04. The van der Waals surface area contributed by atoms with Crippen LogP contribution in [0.15, 0.2) is 57.2 Å². The molecule has 8 nitrogen and oxygen atoms in total. The van der Waals surface area contributed by atoms with E-state index in [2.05, 4.69) is 0 Å². The third kappa shape index (κ3) is 3.44. The SMILES string of the molecule is COC(=O)C1=CC(=O)N2C(N)=C(C#N)[C@H](c3ccc(F)cc3)C(C(=O)N(C)C)=C2S1. The van der Waals surface area contributed by atoms with Crippen molar-refractivity contribution in [3.63, 3.8) is 0 Å². The summed E-state index contributed by atoms with van der Waals surface area (Å²) in [5.41, 5.74) is 6.64. The summed E-state index contributed by atoms with van der Waals surface area (Å²) in [5.74, 6) is -3.52. The van der Waals surface area contributed by atoms with E-state index in [1.807, 2.05) is 6.07 Å². The van der Waals surface area contributed by atoms with Crippen LogP contribution in [0.3, 0.4) is 0 Å². The molecule has 0 bridgehead atoms. The molecule has 1 atom stereocenters. The minimum absolute atomic E-state index is 0.0242. The number of methoxy groups -OCH3 is 1. The molecule has 10 heteroatoms. The van der Waals surface area contributed by atoms with Crippen LogP contribution in [0.25, 0.3) is 0 Å². The molecule has 2 amide bonds. The molecule has 0 saturated heterocycles. The van der Waals surface area contributed by atoms with E-state index < -0.39 is 29.5 Å². The van der Waals surface area contributed by atoms with E-state index in [0.29, 0.717) is 5.56 Å². The lowest BCUT2D eigenvalue weighted by atomic mass is 9.82. The Kier molecular flexibility index (Phi) is 5.67. The van der Waals surface area contributed by atoms with Crippen LogP contribution in [-0.2, 0) is 19.1 Å². The van der Waals surface area contributed by atoms with Gasteiger partial charge < -0.3 is 15.4 Å². The largest absolute Gasteiger partial charge is 0.465 e. The van der Waals surface area contributed by atoms with Gasteiger partial charge in [0.15, 0.2) is 0 Å². The van der Waals surface area contributed by atoms with Crippen molar-refractivity contribution in [1.82, 2.24) is 9.80 Å².